The zero-order chi connectivity index (χ0) is 30.4. The maximum atomic E-state index is 10.4. The lowest BCUT2D eigenvalue weighted by atomic mass is 10.2. The number of rotatable bonds is 10. The van der Waals surface area contributed by atoms with E-state index in [1.54, 1.807) is 0 Å². The van der Waals surface area contributed by atoms with E-state index >= 15 is 0 Å². The summed E-state index contributed by atoms with van der Waals surface area (Å²) in [4.78, 5) is 55.5. The highest BCUT2D eigenvalue weighted by Crippen LogP contribution is 2.40. The molecule has 0 bridgehead atoms. The van der Waals surface area contributed by atoms with Crippen molar-refractivity contribution < 1.29 is 39.8 Å². The highest BCUT2D eigenvalue weighted by atomic mass is 16.7. The molecule has 39 heavy (non-hydrogen) atoms. The number of nitro groups is 6. The summed E-state index contributed by atoms with van der Waals surface area (Å²) in [5.41, 5.74) is -6.00. The fraction of sp³-hybridized carbons (Fsp3) is 0.294. The summed E-state index contributed by atoms with van der Waals surface area (Å²) < 4.78 is 0. The Labute approximate surface area is 215 Å². The molecule has 0 saturated carbocycles. The number of nitro benzene ring substituents is 6. The van der Waals surface area contributed by atoms with Crippen molar-refractivity contribution >= 4 is 34.1 Å². The van der Waals surface area contributed by atoms with Gasteiger partial charge in [0.1, 0.15) is 0 Å². The van der Waals surface area contributed by atoms with Gasteiger partial charge in [-0.3, -0.25) is 60.7 Å². The SMILES string of the molecule is CCNCCNC.O=[N+]([O-])c1cc([N+](=O)[O-])c(O)c([N+](=O)[O-])c1.O=[N+]([O-])c1cc([N+](=O)[O-])c(O)c([N+](=O)[O-])c1. The Morgan fingerprint density at radius 1 is 0.590 bits per heavy atom. The van der Waals surface area contributed by atoms with Crippen molar-refractivity contribution in [3.8, 4) is 11.5 Å². The number of non-ortho nitro benzene ring substituents is 2. The number of likely N-dealkylation sites (N-methyl/N-ethyl adjacent to an activating group) is 2. The van der Waals surface area contributed by atoms with Crippen molar-refractivity contribution in [3.05, 3.63) is 85.0 Å². The predicted molar refractivity (Wildman–Crippen MR) is 129 cm³/mol. The van der Waals surface area contributed by atoms with Crippen LogP contribution in [-0.2, 0) is 0 Å². The minimum Gasteiger partial charge on any atom is -0.497 e. The highest BCUT2D eigenvalue weighted by molar-refractivity contribution is 5.65. The molecule has 0 aliphatic heterocycles. The van der Waals surface area contributed by atoms with Crippen LogP contribution in [0, 0.1) is 60.7 Å². The van der Waals surface area contributed by atoms with E-state index in [0.717, 1.165) is 19.6 Å². The summed E-state index contributed by atoms with van der Waals surface area (Å²) in [5, 5.41) is 86.7. The lowest BCUT2D eigenvalue weighted by Crippen LogP contribution is -2.24. The number of hydrogen-bond acceptors (Lipinski definition) is 16. The Hall–Kier alpha value is -5.64. The maximum Gasteiger partial charge on any atom is 0.324 e. The second-order valence-corrected chi connectivity index (χ2v) is 6.67. The standard InChI is InChI=1S/2C6H3N3O7.C5H14N2/c2*10-6-4(8(13)14)1-3(7(11)12)2-5(6)9(15)16;1-3-7-5-4-6-2/h2*1-2,10H;6-7H,3-5H2,1-2H3. The van der Waals surface area contributed by atoms with Crippen LogP contribution in [0.4, 0.5) is 34.1 Å². The van der Waals surface area contributed by atoms with Gasteiger partial charge in [-0.1, -0.05) is 6.92 Å². The van der Waals surface area contributed by atoms with Crippen LogP contribution in [0.1, 0.15) is 6.92 Å². The first-order valence-electron chi connectivity index (χ1n) is 10.1. The smallest absolute Gasteiger partial charge is 0.324 e. The van der Waals surface area contributed by atoms with Gasteiger partial charge in [-0.25, -0.2) is 0 Å². The summed E-state index contributed by atoms with van der Waals surface area (Å²) in [6, 6.07) is 1.79. The van der Waals surface area contributed by atoms with Gasteiger partial charge >= 0.3 is 22.7 Å². The second-order valence-electron chi connectivity index (χ2n) is 6.67. The Balaban J connectivity index is 0.000000600. The van der Waals surface area contributed by atoms with Crippen LogP contribution in [0.25, 0.3) is 0 Å². The molecule has 22 nitrogen and oxygen atoms in total. The highest BCUT2D eigenvalue weighted by Gasteiger charge is 2.31. The summed E-state index contributed by atoms with van der Waals surface area (Å²) in [5.74, 6) is -2.42. The van der Waals surface area contributed by atoms with Crippen LogP contribution < -0.4 is 10.6 Å². The average Bonchev–Trinajstić information content (AvgIpc) is 2.84. The largest absolute Gasteiger partial charge is 0.497 e. The van der Waals surface area contributed by atoms with E-state index in [9.17, 15) is 60.7 Å². The molecule has 0 saturated heterocycles. The molecule has 0 unspecified atom stereocenters. The molecule has 2 rings (SSSR count). The van der Waals surface area contributed by atoms with Gasteiger partial charge in [-0.05, 0) is 13.6 Å². The number of hydrogen-bond donors (Lipinski definition) is 4. The third kappa shape index (κ3) is 10.1. The minimum atomic E-state index is -1.21. The van der Waals surface area contributed by atoms with Crippen LogP contribution in [-0.4, -0.2) is 66.4 Å². The molecule has 0 aliphatic carbocycles. The lowest BCUT2D eigenvalue weighted by molar-refractivity contribution is -0.404. The Bertz CT molecular complexity index is 1100. The molecule has 0 amide bonds. The van der Waals surface area contributed by atoms with Gasteiger partial charge in [-0.15, -0.1) is 0 Å². The van der Waals surface area contributed by atoms with Gasteiger partial charge in [0, 0.05) is 13.1 Å². The molecule has 0 spiro atoms. The van der Waals surface area contributed by atoms with Gasteiger partial charge in [-0.2, -0.15) is 0 Å². The van der Waals surface area contributed by atoms with Crippen LogP contribution in [0.2, 0.25) is 0 Å². The third-order valence-electron chi connectivity index (χ3n) is 4.12. The summed E-state index contributed by atoms with van der Waals surface area (Å²) in [6.45, 7) is 5.32. The van der Waals surface area contributed by atoms with Crippen molar-refractivity contribution in [1.29, 1.82) is 0 Å². The molecule has 22 heteroatoms. The van der Waals surface area contributed by atoms with Gasteiger partial charge in [0.25, 0.3) is 22.9 Å². The molecule has 0 aromatic heterocycles. The maximum absolute atomic E-state index is 10.4. The number of benzene rings is 2. The van der Waals surface area contributed by atoms with E-state index in [-0.39, 0.29) is 0 Å². The molecule has 0 radical (unpaired) electrons. The molecule has 0 heterocycles. The summed E-state index contributed by atoms with van der Waals surface area (Å²) in [6.07, 6.45) is 0. The second kappa shape index (κ2) is 15.5. The molecule has 2 aromatic rings. The van der Waals surface area contributed by atoms with Crippen LogP contribution in [0.3, 0.4) is 0 Å². The lowest BCUT2D eigenvalue weighted by Gasteiger charge is -1.97. The molecule has 0 fully saturated rings. The first-order chi connectivity index (χ1) is 18.1. The topological polar surface area (TPSA) is 323 Å². The van der Waals surface area contributed by atoms with E-state index in [1.165, 1.54) is 0 Å². The number of nitrogens with zero attached hydrogens (tertiary/aromatic N) is 6. The summed E-state index contributed by atoms with van der Waals surface area (Å²) in [7, 11) is 1.96. The van der Waals surface area contributed by atoms with E-state index in [0.29, 0.717) is 24.3 Å². The summed E-state index contributed by atoms with van der Waals surface area (Å²) >= 11 is 0. The Kier molecular flexibility index (Phi) is 13.2. The van der Waals surface area contributed by atoms with Gasteiger partial charge in [0.05, 0.1) is 53.8 Å². The fourth-order valence-corrected chi connectivity index (χ4v) is 2.34. The first kappa shape index (κ1) is 33.4. The number of nitrogens with one attached hydrogen (secondary N) is 2. The van der Waals surface area contributed by atoms with Gasteiger partial charge < -0.3 is 20.8 Å². The molecule has 2 aromatic carbocycles. The van der Waals surface area contributed by atoms with Crippen LogP contribution in [0.15, 0.2) is 24.3 Å². The van der Waals surface area contributed by atoms with E-state index < -0.39 is 75.2 Å². The normalized spacial score (nSPS) is 9.69. The average molecular weight is 560 g/mol. The third-order valence-corrected chi connectivity index (χ3v) is 4.12. The molecular weight excluding hydrogens is 540 g/mol. The minimum absolute atomic E-state index is 0.447. The Morgan fingerprint density at radius 2 is 0.872 bits per heavy atom. The van der Waals surface area contributed by atoms with Crippen molar-refractivity contribution in [2.24, 2.45) is 0 Å². The van der Waals surface area contributed by atoms with Gasteiger partial charge in [0.15, 0.2) is 0 Å². The van der Waals surface area contributed by atoms with E-state index in [2.05, 4.69) is 17.6 Å². The number of phenols is 2. The van der Waals surface area contributed by atoms with Crippen LogP contribution >= 0.6 is 0 Å². The first-order valence-corrected chi connectivity index (χ1v) is 10.1. The fourth-order valence-electron chi connectivity index (χ4n) is 2.34. The van der Waals surface area contributed by atoms with Crippen LogP contribution in [0.5, 0.6) is 11.5 Å². The molecular formula is C17H20N8O14. The zero-order valence-corrected chi connectivity index (χ0v) is 19.9. The zero-order valence-electron chi connectivity index (χ0n) is 19.9. The van der Waals surface area contributed by atoms with Crippen molar-refractivity contribution in [1.82, 2.24) is 10.6 Å². The molecule has 0 atom stereocenters. The quantitative estimate of drug-likeness (QED) is 0.183. The van der Waals surface area contributed by atoms with Crippen molar-refractivity contribution in [2.45, 2.75) is 6.92 Å². The molecule has 212 valence electrons. The molecule has 0 aliphatic rings. The number of phenolic OH excluding ortho intramolecular Hbond substituents is 2. The molecule has 4 N–H and O–H groups in total. The van der Waals surface area contributed by atoms with Gasteiger partial charge in [0.2, 0.25) is 0 Å². The van der Waals surface area contributed by atoms with Crippen molar-refractivity contribution in [2.75, 3.05) is 26.7 Å². The van der Waals surface area contributed by atoms with Crippen molar-refractivity contribution in [3.63, 3.8) is 0 Å². The monoisotopic (exact) mass is 560 g/mol. The Morgan fingerprint density at radius 3 is 1.05 bits per heavy atom. The van der Waals surface area contributed by atoms with E-state index in [1.807, 2.05) is 7.05 Å². The predicted octanol–water partition coefficient (Wildman–Crippen LogP) is 2.05. The van der Waals surface area contributed by atoms with E-state index in [4.69, 9.17) is 10.2 Å². The number of aromatic hydroxyl groups is 2.